The van der Waals surface area contributed by atoms with E-state index in [0.717, 1.165) is 22.7 Å². The third kappa shape index (κ3) is 3.74. The zero-order valence-electron chi connectivity index (χ0n) is 12.0. The molecule has 1 unspecified atom stereocenters. The maximum Gasteiger partial charge on any atom is 0.119 e. The first-order valence-electron chi connectivity index (χ1n) is 6.48. The number of aryl methyl sites for hydroxylation is 1. The van der Waals surface area contributed by atoms with Gasteiger partial charge < -0.3 is 18.9 Å². The highest BCUT2D eigenvalue weighted by molar-refractivity contribution is 7.77. The molecule has 0 aliphatic carbocycles. The van der Waals surface area contributed by atoms with Gasteiger partial charge in [0, 0.05) is 28.9 Å². The zero-order chi connectivity index (χ0) is 15.4. The molecule has 1 atom stereocenters. The Bertz CT molecular complexity index is 638. The molecule has 1 aromatic rings. The molecular formula is C15H17N2O3S-. The maximum atomic E-state index is 10.7. The Morgan fingerprint density at radius 1 is 1.43 bits per heavy atom. The van der Waals surface area contributed by atoms with Crippen LogP contribution in [-0.2, 0) is 11.3 Å². The number of nitrogens with one attached hydrogen (secondary N) is 1. The third-order valence-electron chi connectivity index (χ3n) is 2.97. The molecule has 0 spiro atoms. The summed E-state index contributed by atoms with van der Waals surface area (Å²) in [7, 11) is 0. The van der Waals surface area contributed by atoms with Gasteiger partial charge in [-0.1, -0.05) is 6.58 Å². The standard InChI is InChI=1S/C15H18N2O3S/c1-4-20-14-7-8-15(11(2)9-14)17-10-13(16-21(18)19)6-5-12(17)3/h5-10,16H,3-4H2,1-2H3,(H,18,19)/p-1. The van der Waals surface area contributed by atoms with Crippen molar-refractivity contribution in [3.05, 3.63) is 60.1 Å². The molecule has 2 rings (SSSR count). The first kappa shape index (κ1) is 15.3. The quantitative estimate of drug-likeness (QED) is 0.849. The fourth-order valence-corrected chi connectivity index (χ4v) is 2.38. The van der Waals surface area contributed by atoms with Gasteiger partial charge in [-0.3, -0.25) is 4.21 Å². The smallest absolute Gasteiger partial charge is 0.119 e. The van der Waals surface area contributed by atoms with Gasteiger partial charge in [0.05, 0.1) is 12.3 Å². The van der Waals surface area contributed by atoms with Crippen molar-refractivity contribution >= 4 is 17.0 Å². The summed E-state index contributed by atoms with van der Waals surface area (Å²) in [6.45, 7) is 8.48. The molecule has 0 fully saturated rings. The zero-order valence-corrected chi connectivity index (χ0v) is 12.8. The van der Waals surface area contributed by atoms with Crippen LogP contribution in [0.1, 0.15) is 12.5 Å². The molecule has 0 bridgehead atoms. The average molecular weight is 305 g/mol. The molecule has 1 aliphatic rings. The summed E-state index contributed by atoms with van der Waals surface area (Å²) in [5, 5.41) is 0. The predicted octanol–water partition coefficient (Wildman–Crippen LogP) is 2.51. The molecule has 1 heterocycles. The average Bonchev–Trinajstić information content (AvgIpc) is 2.41. The fourth-order valence-electron chi connectivity index (χ4n) is 2.07. The van der Waals surface area contributed by atoms with E-state index in [1.807, 2.05) is 36.9 Å². The number of ether oxygens (including phenoxy) is 1. The van der Waals surface area contributed by atoms with Crippen LogP contribution in [0, 0.1) is 6.92 Å². The summed E-state index contributed by atoms with van der Waals surface area (Å²) >= 11 is -2.35. The molecule has 1 aliphatic heterocycles. The Morgan fingerprint density at radius 3 is 2.81 bits per heavy atom. The fraction of sp³-hybridized carbons (Fsp3) is 0.200. The summed E-state index contributed by atoms with van der Waals surface area (Å²) in [4.78, 5) is 1.83. The molecule has 21 heavy (non-hydrogen) atoms. The molecule has 0 amide bonds. The summed E-state index contributed by atoms with van der Waals surface area (Å²) < 4.78 is 29.3. The highest BCUT2D eigenvalue weighted by Crippen LogP contribution is 2.29. The lowest BCUT2D eigenvalue weighted by Gasteiger charge is -2.27. The van der Waals surface area contributed by atoms with E-state index in [2.05, 4.69) is 11.3 Å². The van der Waals surface area contributed by atoms with Gasteiger partial charge in [-0.15, -0.1) is 0 Å². The van der Waals surface area contributed by atoms with Crippen molar-refractivity contribution in [1.29, 1.82) is 0 Å². The number of anilines is 1. The first-order chi connectivity index (χ1) is 10.0. The van der Waals surface area contributed by atoms with Gasteiger partial charge in [-0.2, -0.15) is 0 Å². The number of allylic oxidation sites excluding steroid dienone is 2. The lowest BCUT2D eigenvalue weighted by molar-refractivity contribution is 0.340. The van der Waals surface area contributed by atoms with E-state index >= 15 is 0 Å². The van der Waals surface area contributed by atoms with Crippen LogP contribution in [0.5, 0.6) is 5.75 Å². The van der Waals surface area contributed by atoms with E-state index in [-0.39, 0.29) is 0 Å². The first-order valence-corrected chi connectivity index (χ1v) is 7.56. The van der Waals surface area contributed by atoms with Crippen LogP contribution in [0.4, 0.5) is 5.69 Å². The Hall–Kier alpha value is -2.05. The molecule has 1 aromatic carbocycles. The van der Waals surface area contributed by atoms with E-state index in [1.54, 1.807) is 18.4 Å². The minimum atomic E-state index is -2.35. The van der Waals surface area contributed by atoms with Crippen LogP contribution in [0.2, 0.25) is 0 Å². The molecule has 0 saturated carbocycles. The molecule has 0 radical (unpaired) electrons. The van der Waals surface area contributed by atoms with Gasteiger partial charge in [-0.25, -0.2) is 0 Å². The second-order valence-corrected chi connectivity index (χ2v) is 5.17. The number of hydrogen-bond donors (Lipinski definition) is 1. The number of nitrogens with zero attached hydrogens (tertiary/aromatic N) is 1. The van der Waals surface area contributed by atoms with Gasteiger partial charge >= 0.3 is 0 Å². The Kier molecular flexibility index (Phi) is 4.82. The second kappa shape index (κ2) is 6.60. The van der Waals surface area contributed by atoms with Crippen LogP contribution in [-0.4, -0.2) is 15.4 Å². The Morgan fingerprint density at radius 2 is 2.19 bits per heavy atom. The summed E-state index contributed by atoms with van der Waals surface area (Å²) in [5.41, 5.74) is 3.16. The number of rotatable bonds is 5. The highest BCUT2D eigenvalue weighted by atomic mass is 32.2. The highest BCUT2D eigenvalue weighted by Gasteiger charge is 2.14. The third-order valence-corrected chi connectivity index (χ3v) is 3.38. The topological polar surface area (TPSA) is 64.6 Å². The summed E-state index contributed by atoms with van der Waals surface area (Å²) in [6.07, 6.45) is 5.12. The van der Waals surface area contributed by atoms with Crippen molar-refractivity contribution in [1.82, 2.24) is 4.72 Å². The van der Waals surface area contributed by atoms with E-state index in [9.17, 15) is 8.76 Å². The van der Waals surface area contributed by atoms with Crippen LogP contribution in [0.25, 0.3) is 0 Å². The van der Waals surface area contributed by atoms with E-state index in [4.69, 9.17) is 4.74 Å². The predicted molar refractivity (Wildman–Crippen MR) is 83.2 cm³/mol. The molecular weight excluding hydrogens is 288 g/mol. The molecule has 0 saturated heterocycles. The van der Waals surface area contributed by atoms with Crippen molar-refractivity contribution < 1.29 is 13.5 Å². The molecule has 5 nitrogen and oxygen atoms in total. The van der Waals surface area contributed by atoms with Crippen molar-refractivity contribution in [2.45, 2.75) is 13.8 Å². The van der Waals surface area contributed by atoms with E-state index in [1.165, 1.54) is 0 Å². The maximum absolute atomic E-state index is 10.7. The molecule has 0 aromatic heterocycles. The van der Waals surface area contributed by atoms with Crippen LogP contribution < -0.4 is 14.4 Å². The van der Waals surface area contributed by atoms with Crippen molar-refractivity contribution in [3.63, 3.8) is 0 Å². The van der Waals surface area contributed by atoms with Gasteiger partial charge in [0.2, 0.25) is 0 Å². The van der Waals surface area contributed by atoms with Crippen LogP contribution in [0.3, 0.4) is 0 Å². The Labute approximate surface area is 127 Å². The van der Waals surface area contributed by atoms with Gasteiger partial charge in [0.15, 0.2) is 0 Å². The number of benzene rings is 1. The summed E-state index contributed by atoms with van der Waals surface area (Å²) in [5.74, 6) is 0.805. The lowest BCUT2D eigenvalue weighted by Crippen LogP contribution is -2.23. The SMILES string of the molecule is C=C1C=CC(NS(=O)[O-])=CN1c1ccc(OCC)cc1C. The van der Waals surface area contributed by atoms with E-state index < -0.39 is 11.3 Å². The minimum absolute atomic E-state index is 0.476. The minimum Gasteiger partial charge on any atom is -0.755 e. The normalized spacial score (nSPS) is 15.7. The molecule has 1 N–H and O–H groups in total. The van der Waals surface area contributed by atoms with Crippen LogP contribution in [0.15, 0.2) is 54.5 Å². The Balaban J connectivity index is 2.31. The second-order valence-electron chi connectivity index (χ2n) is 4.50. The molecule has 112 valence electrons. The van der Waals surface area contributed by atoms with Crippen molar-refractivity contribution in [3.8, 4) is 5.75 Å². The monoisotopic (exact) mass is 305 g/mol. The van der Waals surface area contributed by atoms with Crippen LogP contribution >= 0.6 is 0 Å². The largest absolute Gasteiger partial charge is 0.755 e. The van der Waals surface area contributed by atoms with Crippen molar-refractivity contribution in [2.75, 3.05) is 11.5 Å². The van der Waals surface area contributed by atoms with Crippen molar-refractivity contribution in [2.24, 2.45) is 0 Å². The molecule has 6 heteroatoms. The lowest BCUT2D eigenvalue weighted by atomic mass is 10.1. The summed E-state index contributed by atoms with van der Waals surface area (Å²) in [6, 6.07) is 5.74. The van der Waals surface area contributed by atoms with Gasteiger partial charge in [0.25, 0.3) is 0 Å². The van der Waals surface area contributed by atoms with E-state index in [0.29, 0.717) is 12.3 Å². The number of hydrogen-bond acceptors (Lipinski definition) is 4. The van der Waals surface area contributed by atoms with Gasteiger partial charge in [0.1, 0.15) is 5.75 Å². The van der Waals surface area contributed by atoms with Gasteiger partial charge in [-0.05, 0) is 49.8 Å².